The van der Waals surface area contributed by atoms with E-state index >= 15 is 0 Å². The minimum Gasteiger partial charge on any atom is -0.398 e. The zero-order chi connectivity index (χ0) is 10.1. The van der Waals surface area contributed by atoms with Crippen molar-refractivity contribution in [2.75, 3.05) is 12.0 Å². The van der Waals surface area contributed by atoms with Crippen LogP contribution < -0.4 is 5.73 Å². The molecule has 0 atom stereocenters. The van der Waals surface area contributed by atoms with E-state index in [9.17, 15) is 0 Å². The molecule has 3 heteroatoms. The fourth-order valence-corrected chi connectivity index (χ4v) is 3.47. The number of nitrogen functional groups attached to an aromatic ring is 1. The lowest BCUT2D eigenvalue weighted by Crippen LogP contribution is -1.87. The fourth-order valence-electron chi connectivity index (χ4n) is 1.67. The molecular formula is C11H13NS2. The molecule has 0 radical (unpaired) electrons. The quantitative estimate of drug-likeness (QED) is 0.784. The van der Waals surface area contributed by atoms with Crippen molar-refractivity contribution in [2.45, 2.75) is 18.2 Å². The lowest BCUT2D eigenvalue weighted by Gasteiger charge is -2.04. The Hall–Kier alpha value is -0.670. The van der Waals surface area contributed by atoms with Gasteiger partial charge in [-0.25, -0.2) is 0 Å². The third kappa shape index (κ3) is 1.41. The third-order valence-electron chi connectivity index (χ3n) is 2.40. The Balaban J connectivity index is 2.81. The van der Waals surface area contributed by atoms with Crippen LogP contribution in [0.1, 0.15) is 12.5 Å². The molecule has 0 amide bonds. The first-order valence-electron chi connectivity index (χ1n) is 4.60. The van der Waals surface area contributed by atoms with Crippen LogP contribution in [0.3, 0.4) is 0 Å². The van der Waals surface area contributed by atoms with E-state index in [1.54, 1.807) is 23.1 Å². The van der Waals surface area contributed by atoms with Gasteiger partial charge in [-0.05, 0) is 24.3 Å². The normalized spacial score (nSPS) is 11.0. The Morgan fingerprint density at radius 3 is 2.86 bits per heavy atom. The van der Waals surface area contributed by atoms with Gasteiger partial charge in [0.15, 0.2) is 0 Å². The van der Waals surface area contributed by atoms with Gasteiger partial charge in [-0.2, -0.15) is 0 Å². The molecule has 2 N–H and O–H groups in total. The van der Waals surface area contributed by atoms with Gasteiger partial charge in [0.2, 0.25) is 0 Å². The predicted octanol–water partition coefficient (Wildman–Crippen LogP) is 3.77. The van der Waals surface area contributed by atoms with Crippen LogP contribution in [0.4, 0.5) is 5.69 Å². The number of aryl methyl sites for hydroxylation is 1. The summed E-state index contributed by atoms with van der Waals surface area (Å²) >= 11 is 3.53. The van der Waals surface area contributed by atoms with Gasteiger partial charge in [0.1, 0.15) is 0 Å². The molecule has 1 aromatic carbocycles. The summed E-state index contributed by atoms with van der Waals surface area (Å²) in [5.41, 5.74) is 8.26. The molecule has 0 fully saturated rings. The van der Waals surface area contributed by atoms with Crippen LogP contribution in [0.25, 0.3) is 10.1 Å². The highest BCUT2D eigenvalue weighted by molar-refractivity contribution is 7.99. The van der Waals surface area contributed by atoms with Crippen molar-refractivity contribution >= 4 is 38.9 Å². The second kappa shape index (κ2) is 3.83. The molecule has 2 rings (SSSR count). The fraction of sp³-hybridized carbons (Fsp3) is 0.273. The van der Waals surface area contributed by atoms with E-state index in [0.717, 1.165) is 12.1 Å². The van der Waals surface area contributed by atoms with Gasteiger partial charge >= 0.3 is 0 Å². The summed E-state index contributed by atoms with van der Waals surface area (Å²) in [6.45, 7) is 2.17. The Kier molecular flexibility index (Phi) is 2.70. The molecule has 0 aliphatic rings. The molecule has 1 heterocycles. The van der Waals surface area contributed by atoms with Crippen LogP contribution in [0.15, 0.2) is 22.4 Å². The summed E-state index contributed by atoms with van der Waals surface area (Å²) in [6, 6.07) is 4.39. The SMILES string of the molecule is CCc1ccc(SC)c2scc(N)c12. The summed E-state index contributed by atoms with van der Waals surface area (Å²) in [6.07, 6.45) is 3.16. The smallest absolute Gasteiger partial charge is 0.0506 e. The second-order valence-corrected chi connectivity index (χ2v) is 4.90. The molecule has 1 aromatic heterocycles. The lowest BCUT2D eigenvalue weighted by atomic mass is 10.1. The molecule has 0 saturated carbocycles. The molecule has 0 spiro atoms. The Labute approximate surface area is 92.3 Å². The minimum atomic E-state index is 0.928. The maximum atomic E-state index is 5.98. The van der Waals surface area contributed by atoms with E-state index in [1.165, 1.54) is 20.5 Å². The van der Waals surface area contributed by atoms with E-state index in [-0.39, 0.29) is 0 Å². The highest BCUT2D eigenvalue weighted by Gasteiger charge is 2.09. The van der Waals surface area contributed by atoms with Crippen molar-refractivity contribution in [3.05, 3.63) is 23.1 Å². The Morgan fingerprint density at radius 2 is 2.21 bits per heavy atom. The van der Waals surface area contributed by atoms with Gasteiger partial charge in [0.05, 0.1) is 10.4 Å². The summed E-state index contributed by atoms with van der Waals surface area (Å²) in [4.78, 5) is 1.33. The number of hydrogen-bond acceptors (Lipinski definition) is 3. The summed E-state index contributed by atoms with van der Waals surface area (Å²) in [5, 5.41) is 3.31. The monoisotopic (exact) mass is 223 g/mol. The summed E-state index contributed by atoms with van der Waals surface area (Å²) in [7, 11) is 0. The number of hydrogen-bond donors (Lipinski definition) is 1. The van der Waals surface area contributed by atoms with Gasteiger partial charge < -0.3 is 5.73 Å². The number of anilines is 1. The first-order chi connectivity index (χ1) is 6.77. The maximum Gasteiger partial charge on any atom is 0.0506 e. The topological polar surface area (TPSA) is 26.0 Å². The van der Waals surface area contributed by atoms with Crippen molar-refractivity contribution in [3.8, 4) is 0 Å². The van der Waals surface area contributed by atoms with Crippen LogP contribution in [-0.2, 0) is 6.42 Å². The minimum absolute atomic E-state index is 0.928. The van der Waals surface area contributed by atoms with Gasteiger partial charge in [0, 0.05) is 15.7 Å². The Bertz CT molecular complexity index is 460. The van der Waals surface area contributed by atoms with Gasteiger partial charge in [-0.1, -0.05) is 13.0 Å². The zero-order valence-electron chi connectivity index (χ0n) is 8.33. The molecule has 2 aromatic rings. The first kappa shape index (κ1) is 9.87. The van der Waals surface area contributed by atoms with Crippen molar-refractivity contribution in [1.82, 2.24) is 0 Å². The number of fused-ring (bicyclic) bond motifs is 1. The highest BCUT2D eigenvalue weighted by atomic mass is 32.2. The third-order valence-corrected chi connectivity index (χ3v) is 4.34. The van der Waals surface area contributed by atoms with Crippen molar-refractivity contribution in [2.24, 2.45) is 0 Å². The van der Waals surface area contributed by atoms with E-state index in [4.69, 9.17) is 5.73 Å². The van der Waals surface area contributed by atoms with Gasteiger partial charge in [-0.15, -0.1) is 23.1 Å². The number of nitrogens with two attached hydrogens (primary N) is 1. The summed E-state index contributed by atoms with van der Waals surface area (Å²) in [5.74, 6) is 0. The number of thioether (sulfide) groups is 1. The number of benzene rings is 1. The lowest BCUT2D eigenvalue weighted by molar-refractivity contribution is 1.16. The van der Waals surface area contributed by atoms with Crippen LogP contribution in [0.2, 0.25) is 0 Å². The molecule has 14 heavy (non-hydrogen) atoms. The van der Waals surface area contributed by atoms with E-state index in [0.29, 0.717) is 0 Å². The number of thiophene rings is 1. The average Bonchev–Trinajstić information content (AvgIpc) is 2.60. The van der Waals surface area contributed by atoms with E-state index in [1.807, 2.05) is 5.38 Å². The molecule has 0 bridgehead atoms. The molecule has 0 unspecified atom stereocenters. The van der Waals surface area contributed by atoms with Gasteiger partial charge in [0.25, 0.3) is 0 Å². The highest BCUT2D eigenvalue weighted by Crippen LogP contribution is 2.37. The van der Waals surface area contributed by atoms with Crippen LogP contribution in [-0.4, -0.2) is 6.26 Å². The largest absolute Gasteiger partial charge is 0.398 e. The van der Waals surface area contributed by atoms with Crippen molar-refractivity contribution < 1.29 is 0 Å². The van der Waals surface area contributed by atoms with Gasteiger partial charge in [-0.3, -0.25) is 0 Å². The second-order valence-electron chi connectivity index (χ2n) is 3.18. The molecular weight excluding hydrogens is 210 g/mol. The van der Waals surface area contributed by atoms with Crippen molar-refractivity contribution in [1.29, 1.82) is 0 Å². The molecule has 0 aliphatic carbocycles. The molecule has 0 saturated heterocycles. The van der Waals surface area contributed by atoms with Crippen LogP contribution in [0.5, 0.6) is 0 Å². The standard InChI is InChI=1S/C11H13NS2/c1-3-7-4-5-9(13-2)11-10(7)8(12)6-14-11/h4-6H,3,12H2,1-2H3. The van der Waals surface area contributed by atoms with Crippen LogP contribution >= 0.6 is 23.1 Å². The Morgan fingerprint density at radius 1 is 1.43 bits per heavy atom. The zero-order valence-corrected chi connectivity index (χ0v) is 9.97. The van der Waals surface area contributed by atoms with E-state index in [2.05, 4.69) is 25.3 Å². The van der Waals surface area contributed by atoms with Crippen molar-refractivity contribution in [3.63, 3.8) is 0 Å². The maximum absolute atomic E-state index is 5.98. The molecule has 74 valence electrons. The predicted molar refractivity (Wildman–Crippen MR) is 67.4 cm³/mol. The summed E-state index contributed by atoms with van der Waals surface area (Å²) < 4.78 is 1.34. The van der Waals surface area contributed by atoms with E-state index < -0.39 is 0 Å². The molecule has 1 nitrogen and oxygen atoms in total. The molecule has 0 aliphatic heterocycles. The van der Waals surface area contributed by atoms with Crippen LogP contribution in [0, 0.1) is 0 Å². The average molecular weight is 223 g/mol. The first-order valence-corrected chi connectivity index (χ1v) is 6.71. The number of rotatable bonds is 2.